The van der Waals surface area contributed by atoms with Crippen LogP contribution in [0, 0.1) is 0 Å². The Kier molecular flexibility index (Phi) is 6.32. The van der Waals surface area contributed by atoms with Gasteiger partial charge in [0.25, 0.3) is 5.91 Å². The van der Waals surface area contributed by atoms with Crippen LogP contribution in [0.3, 0.4) is 0 Å². The SMILES string of the molecule is COc1cccc(-c2nc(C(=O)N[C@@H](CCSC)C(=O)O)cc3c2[nH]c2ccccc23)c1. The van der Waals surface area contributed by atoms with Crippen molar-refractivity contribution in [3.8, 4) is 17.0 Å². The van der Waals surface area contributed by atoms with Crippen molar-refractivity contribution in [1.29, 1.82) is 0 Å². The number of aliphatic carboxylic acids is 1. The molecule has 0 fully saturated rings. The Morgan fingerprint density at radius 3 is 2.72 bits per heavy atom. The van der Waals surface area contributed by atoms with Crippen LogP contribution in [0.25, 0.3) is 33.1 Å². The van der Waals surface area contributed by atoms with E-state index in [0.717, 1.165) is 27.4 Å². The lowest BCUT2D eigenvalue weighted by Gasteiger charge is -2.14. The molecule has 3 N–H and O–H groups in total. The normalized spacial score (nSPS) is 12.1. The van der Waals surface area contributed by atoms with E-state index < -0.39 is 17.9 Å². The number of nitrogens with zero attached hydrogens (tertiary/aromatic N) is 1. The van der Waals surface area contributed by atoms with E-state index in [9.17, 15) is 14.7 Å². The number of thioether (sulfide) groups is 1. The Bertz CT molecular complexity index is 1300. The first-order valence-electron chi connectivity index (χ1n) is 10.1. The summed E-state index contributed by atoms with van der Waals surface area (Å²) < 4.78 is 5.36. The molecule has 0 unspecified atom stereocenters. The van der Waals surface area contributed by atoms with Gasteiger partial charge in [-0.05, 0) is 42.7 Å². The molecule has 0 saturated heterocycles. The van der Waals surface area contributed by atoms with Crippen LogP contribution in [0.5, 0.6) is 5.75 Å². The van der Waals surface area contributed by atoms with Crippen LogP contribution >= 0.6 is 11.8 Å². The van der Waals surface area contributed by atoms with Gasteiger partial charge in [0.1, 0.15) is 17.5 Å². The van der Waals surface area contributed by atoms with Gasteiger partial charge in [0.2, 0.25) is 0 Å². The first-order valence-corrected chi connectivity index (χ1v) is 11.5. The van der Waals surface area contributed by atoms with Crippen molar-refractivity contribution in [2.75, 3.05) is 19.1 Å². The van der Waals surface area contributed by atoms with E-state index in [1.807, 2.05) is 54.8 Å². The molecule has 4 rings (SSSR count). The second-order valence-corrected chi connectivity index (χ2v) is 8.31. The molecule has 1 amide bonds. The number of fused-ring (bicyclic) bond motifs is 3. The van der Waals surface area contributed by atoms with E-state index in [4.69, 9.17) is 4.74 Å². The number of carbonyl (C=O) groups is 2. The summed E-state index contributed by atoms with van der Waals surface area (Å²) in [6, 6.07) is 16.0. The zero-order valence-electron chi connectivity index (χ0n) is 17.7. The highest BCUT2D eigenvalue weighted by Gasteiger charge is 2.23. The molecule has 0 bridgehead atoms. The Hall–Kier alpha value is -3.52. The molecule has 7 nitrogen and oxygen atoms in total. The lowest BCUT2D eigenvalue weighted by Crippen LogP contribution is -2.41. The molecule has 0 saturated carbocycles. The predicted molar refractivity (Wildman–Crippen MR) is 127 cm³/mol. The molecule has 0 radical (unpaired) electrons. The van der Waals surface area contributed by atoms with Gasteiger partial charge in [-0.2, -0.15) is 11.8 Å². The summed E-state index contributed by atoms with van der Waals surface area (Å²) in [4.78, 5) is 32.7. The number of H-pyrrole nitrogens is 1. The molecule has 0 spiro atoms. The number of carboxylic acids is 1. The van der Waals surface area contributed by atoms with Gasteiger partial charge in [-0.1, -0.05) is 30.3 Å². The summed E-state index contributed by atoms with van der Waals surface area (Å²) in [5, 5.41) is 13.9. The van der Waals surface area contributed by atoms with E-state index in [1.165, 1.54) is 11.8 Å². The van der Waals surface area contributed by atoms with Crippen molar-refractivity contribution in [1.82, 2.24) is 15.3 Å². The Morgan fingerprint density at radius 1 is 1.16 bits per heavy atom. The average molecular weight is 450 g/mol. The van der Waals surface area contributed by atoms with Gasteiger partial charge < -0.3 is 20.1 Å². The van der Waals surface area contributed by atoms with Crippen molar-refractivity contribution >= 4 is 45.4 Å². The fourth-order valence-corrected chi connectivity index (χ4v) is 4.14. The predicted octanol–water partition coefficient (Wildman–Crippen LogP) is 4.33. The van der Waals surface area contributed by atoms with E-state index in [2.05, 4.69) is 15.3 Å². The molecule has 32 heavy (non-hydrogen) atoms. The number of hydrogen-bond donors (Lipinski definition) is 3. The highest BCUT2D eigenvalue weighted by molar-refractivity contribution is 7.98. The van der Waals surface area contributed by atoms with E-state index in [0.29, 0.717) is 23.6 Å². The number of nitrogens with one attached hydrogen (secondary N) is 2. The summed E-state index contributed by atoms with van der Waals surface area (Å²) in [6.45, 7) is 0. The van der Waals surface area contributed by atoms with Crippen molar-refractivity contribution in [3.63, 3.8) is 0 Å². The summed E-state index contributed by atoms with van der Waals surface area (Å²) in [7, 11) is 1.59. The summed E-state index contributed by atoms with van der Waals surface area (Å²) >= 11 is 1.53. The number of rotatable bonds is 8. The lowest BCUT2D eigenvalue weighted by molar-refractivity contribution is -0.139. The third-order valence-corrected chi connectivity index (χ3v) is 5.93. The van der Waals surface area contributed by atoms with Gasteiger partial charge in [0, 0.05) is 21.9 Å². The van der Waals surface area contributed by atoms with Crippen LogP contribution < -0.4 is 10.1 Å². The number of aromatic nitrogens is 2. The number of benzene rings is 2. The molecular formula is C24H23N3O4S. The molecule has 0 aliphatic carbocycles. The topological polar surface area (TPSA) is 104 Å². The molecule has 2 aromatic carbocycles. The van der Waals surface area contributed by atoms with Gasteiger partial charge in [-0.3, -0.25) is 4.79 Å². The molecule has 2 aromatic heterocycles. The quantitative estimate of drug-likeness (QED) is 0.370. The molecule has 4 aromatic rings. The zero-order valence-corrected chi connectivity index (χ0v) is 18.5. The summed E-state index contributed by atoms with van der Waals surface area (Å²) in [5.41, 5.74) is 3.27. The number of hydrogen-bond acceptors (Lipinski definition) is 5. The molecule has 0 aliphatic heterocycles. The molecule has 1 atom stereocenters. The molecule has 2 heterocycles. The van der Waals surface area contributed by atoms with Gasteiger partial charge >= 0.3 is 5.97 Å². The average Bonchev–Trinajstić information content (AvgIpc) is 3.19. The number of pyridine rings is 1. The number of ether oxygens (including phenoxy) is 1. The number of para-hydroxylation sites is 1. The number of carboxylic acid groups (broad SMARTS) is 1. The largest absolute Gasteiger partial charge is 0.497 e. The first kappa shape index (κ1) is 21.7. The van der Waals surface area contributed by atoms with Crippen molar-refractivity contribution in [3.05, 3.63) is 60.3 Å². The van der Waals surface area contributed by atoms with Crippen molar-refractivity contribution < 1.29 is 19.4 Å². The Labute approximate surface area is 189 Å². The Morgan fingerprint density at radius 2 is 1.97 bits per heavy atom. The van der Waals surface area contributed by atoms with E-state index >= 15 is 0 Å². The third-order valence-electron chi connectivity index (χ3n) is 5.29. The highest BCUT2D eigenvalue weighted by atomic mass is 32.2. The third kappa shape index (κ3) is 4.27. The van der Waals surface area contributed by atoms with E-state index in [1.54, 1.807) is 13.2 Å². The number of aromatic amines is 1. The van der Waals surface area contributed by atoms with E-state index in [-0.39, 0.29) is 5.69 Å². The minimum Gasteiger partial charge on any atom is -0.497 e. The number of methoxy groups -OCH3 is 1. The second-order valence-electron chi connectivity index (χ2n) is 7.33. The van der Waals surface area contributed by atoms with Gasteiger partial charge in [-0.15, -0.1) is 0 Å². The van der Waals surface area contributed by atoms with Crippen LogP contribution in [0.2, 0.25) is 0 Å². The van der Waals surface area contributed by atoms with Gasteiger partial charge in [0.05, 0.1) is 18.3 Å². The fraction of sp³-hybridized carbons (Fsp3) is 0.208. The molecule has 8 heteroatoms. The standard InChI is InChI=1S/C24H23N3O4S/c1-31-15-7-5-6-14(12-15)21-22-17(16-8-3-4-9-18(16)25-22)13-20(26-21)23(28)27-19(24(29)30)10-11-32-2/h3-9,12-13,19,25H,10-11H2,1-2H3,(H,27,28)(H,29,30)/t19-/m0/s1. The number of carbonyl (C=O) groups excluding carboxylic acids is 1. The lowest BCUT2D eigenvalue weighted by atomic mass is 10.1. The summed E-state index contributed by atoms with van der Waals surface area (Å²) in [5.74, 6) is -0.281. The highest BCUT2D eigenvalue weighted by Crippen LogP contribution is 2.33. The fourth-order valence-electron chi connectivity index (χ4n) is 3.67. The van der Waals surface area contributed by atoms with Crippen LogP contribution in [-0.4, -0.2) is 52.1 Å². The molecule has 164 valence electrons. The Balaban J connectivity index is 1.85. The maximum absolute atomic E-state index is 13.1. The zero-order chi connectivity index (χ0) is 22.7. The van der Waals surface area contributed by atoms with Crippen LogP contribution in [-0.2, 0) is 4.79 Å². The smallest absolute Gasteiger partial charge is 0.326 e. The number of amides is 1. The van der Waals surface area contributed by atoms with Crippen molar-refractivity contribution in [2.45, 2.75) is 12.5 Å². The summed E-state index contributed by atoms with van der Waals surface area (Å²) in [6.07, 6.45) is 2.23. The minimum absolute atomic E-state index is 0.162. The first-order chi connectivity index (χ1) is 15.5. The van der Waals surface area contributed by atoms with Gasteiger partial charge in [0.15, 0.2) is 0 Å². The molecule has 0 aliphatic rings. The monoisotopic (exact) mass is 449 g/mol. The minimum atomic E-state index is -1.06. The maximum atomic E-state index is 13.1. The van der Waals surface area contributed by atoms with Crippen LogP contribution in [0.15, 0.2) is 54.6 Å². The van der Waals surface area contributed by atoms with Crippen LogP contribution in [0.1, 0.15) is 16.9 Å². The van der Waals surface area contributed by atoms with Gasteiger partial charge in [-0.25, -0.2) is 9.78 Å². The molecular weight excluding hydrogens is 426 g/mol. The second kappa shape index (κ2) is 9.32. The van der Waals surface area contributed by atoms with Crippen LogP contribution in [0.4, 0.5) is 0 Å². The van der Waals surface area contributed by atoms with Crippen molar-refractivity contribution in [2.24, 2.45) is 0 Å². The maximum Gasteiger partial charge on any atom is 0.326 e.